The quantitative estimate of drug-likeness (QED) is 0.535. The second-order valence-corrected chi connectivity index (χ2v) is 5.92. The van der Waals surface area contributed by atoms with E-state index in [2.05, 4.69) is 10.1 Å². The van der Waals surface area contributed by atoms with Crippen LogP contribution in [0, 0.1) is 5.92 Å². The first kappa shape index (κ1) is 19.7. The number of ether oxygens (including phenoxy) is 3. The Morgan fingerprint density at radius 3 is 2.65 bits per heavy atom. The van der Waals surface area contributed by atoms with Gasteiger partial charge in [0.2, 0.25) is 0 Å². The first-order valence-corrected chi connectivity index (χ1v) is 8.16. The average Bonchev–Trinajstić information content (AvgIpc) is 3.43. The van der Waals surface area contributed by atoms with Crippen molar-refractivity contribution in [2.24, 2.45) is 5.92 Å². The van der Waals surface area contributed by atoms with E-state index >= 15 is 0 Å². The van der Waals surface area contributed by atoms with Crippen molar-refractivity contribution < 1.29 is 32.6 Å². The summed E-state index contributed by atoms with van der Waals surface area (Å²) in [7, 11) is 1.32. The molecule has 1 aliphatic carbocycles. The van der Waals surface area contributed by atoms with Crippen LogP contribution in [0.4, 0.5) is 8.78 Å². The molecule has 1 saturated carbocycles. The maximum atomic E-state index is 12.3. The Kier molecular flexibility index (Phi) is 6.94. The second-order valence-electron chi connectivity index (χ2n) is 5.92. The van der Waals surface area contributed by atoms with Crippen molar-refractivity contribution in [2.75, 3.05) is 13.7 Å². The molecule has 0 unspecified atom stereocenters. The van der Waals surface area contributed by atoms with Gasteiger partial charge in [-0.05, 0) is 49.5 Å². The average molecular weight is 369 g/mol. The van der Waals surface area contributed by atoms with Gasteiger partial charge in [0.05, 0.1) is 7.11 Å². The molecular formula is C18H21F2NO5. The van der Waals surface area contributed by atoms with Gasteiger partial charge in [-0.15, -0.1) is 0 Å². The molecule has 2 rings (SSSR count). The van der Waals surface area contributed by atoms with Gasteiger partial charge < -0.3 is 19.5 Å². The highest BCUT2D eigenvalue weighted by atomic mass is 19.3. The zero-order valence-electron chi connectivity index (χ0n) is 14.5. The lowest BCUT2D eigenvalue weighted by atomic mass is 10.2. The lowest BCUT2D eigenvalue weighted by molar-refractivity contribution is -0.144. The molecule has 1 fully saturated rings. The van der Waals surface area contributed by atoms with Crippen molar-refractivity contribution >= 4 is 18.0 Å². The van der Waals surface area contributed by atoms with Crippen molar-refractivity contribution in [3.63, 3.8) is 0 Å². The summed E-state index contributed by atoms with van der Waals surface area (Å²) in [4.78, 5) is 23.3. The molecule has 142 valence electrons. The van der Waals surface area contributed by atoms with E-state index in [0.717, 1.165) is 18.9 Å². The Balaban J connectivity index is 1.83. The van der Waals surface area contributed by atoms with Crippen LogP contribution in [-0.4, -0.2) is 38.2 Å². The molecule has 8 heteroatoms. The van der Waals surface area contributed by atoms with Crippen LogP contribution in [0.3, 0.4) is 0 Å². The molecule has 1 amide bonds. The van der Waals surface area contributed by atoms with Gasteiger partial charge in [-0.25, -0.2) is 4.79 Å². The summed E-state index contributed by atoms with van der Waals surface area (Å²) in [6, 6.07) is 4.31. The molecule has 6 nitrogen and oxygen atoms in total. The fourth-order valence-corrected chi connectivity index (χ4v) is 2.34. The van der Waals surface area contributed by atoms with Gasteiger partial charge in [-0.3, -0.25) is 4.79 Å². The third kappa shape index (κ3) is 6.34. The van der Waals surface area contributed by atoms with E-state index in [4.69, 9.17) is 9.47 Å². The Labute approximate surface area is 150 Å². The standard InChI is InChI=1S/C18H21F2NO5/c1-11(13-5-6-13)21-16(22)10-25-17(23)8-4-12-3-7-14(26-18(19)20)15(9-12)24-2/h3-4,7-9,11,13,18H,5-6,10H2,1-2H3,(H,21,22)/b8-4+/t11-/m0/s1. The van der Waals surface area contributed by atoms with E-state index in [1.807, 2.05) is 6.92 Å². The van der Waals surface area contributed by atoms with Gasteiger partial charge >= 0.3 is 12.6 Å². The summed E-state index contributed by atoms with van der Waals surface area (Å²) in [5.41, 5.74) is 0.521. The Morgan fingerprint density at radius 1 is 1.31 bits per heavy atom. The maximum Gasteiger partial charge on any atom is 0.387 e. The Bertz CT molecular complexity index is 674. The van der Waals surface area contributed by atoms with E-state index in [0.29, 0.717) is 11.5 Å². The molecule has 0 saturated heterocycles. The first-order valence-electron chi connectivity index (χ1n) is 8.16. The molecule has 1 aliphatic rings. The largest absolute Gasteiger partial charge is 0.493 e. The second kappa shape index (κ2) is 9.17. The molecule has 0 aromatic heterocycles. The number of amides is 1. The van der Waals surface area contributed by atoms with Crippen LogP contribution in [0.25, 0.3) is 6.08 Å². The minimum atomic E-state index is -2.96. The fourth-order valence-electron chi connectivity index (χ4n) is 2.34. The third-order valence-corrected chi connectivity index (χ3v) is 3.88. The van der Waals surface area contributed by atoms with E-state index in [1.165, 1.54) is 31.4 Å². The number of methoxy groups -OCH3 is 1. The van der Waals surface area contributed by atoms with Crippen LogP contribution < -0.4 is 14.8 Å². The van der Waals surface area contributed by atoms with Crippen molar-refractivity contribution in [1.82, 2.24) is 5.32 Å². The highest BCUT2D eigenvalue weighted by Gasteiger charge is 2.28. The van der Waals surface area contributed by atoms with Crippen LogP contribution in [0.1, 0.15) is 25.3 Å². The number of rotatable bonds is 9. The summed E-state index contributed by atoms with van der Waals surface area (Å²) in [6.07, 6.45) is 4.77. The summed E-state index contributed by atoms with van der Waals surface area (Å²) < 4.78 is 38.7. The normalized spacial score (nSPS) is 15.0. The number of hydrogen-bond acceptors (Lipinski definition) is 5. The number of halogens is 2. The van der Waals surface area contributed by atoms with Crippen molar-refractivity contribution in [3.8, 4) is 11.5 Å². The summed E-state index contributed by atoms with van der Waals surface area (Å²) in [5, 5.41) is 2.78. The molecule has 0 spiro atoms. The maximum absolute atomic E-state index is 12.3. The monoisotopic (exact) mass is 369 g/mol. The number of benzene rings is 1. The van der Waals surface area contributed by atoms with Crippen molar-refractivity contribution in [3.05, 3.63) is 29.8 Å². The lowest BCUT2D eigenvalue weighted by Gasteiger charge is -2.12. The third-order valence-electron chi connectivity index (χ3n) is 3.88. The number of carbonyl (C=O) groups is 2. The van der Waals surface area contributed by atoms with Crippen LogP contribution in [0.2, 0.25) is 0 Å². The molecule has 0 aliphatic heterocycles. The summed E-state index contributed by atoms with van der Waals surface area (Å²) >= 11 is 0. The predicted octanol–water partition coefficient (Wildman–Crippen LogP) is 2.77. The molecule has 26 heavy (non-hydrogen) atoms. The molecule has 0 bridgehead atoms. The van der Waals surface area contributed by atoms with Crippen molar-refractivity contribution in [2.45, 2.75) is 32.4 Å². The minimum absolute atomic E-state index is 0.0816. The van der Waals surface area contributed by atoms with E-state index < -0.39 is 12.6 Å². The highest BCUT2D eigenvalue weighted by molar-refractivity contribution is 5.89. The summed E-state index contributed by atoms with van der Waals surface area (Å²) in [6.45, 7) is -1.40. The lowest BCUT2D eigenvalue weighted by Crippen LogP contribution is -2.36. The summed E-state index contributed by atoms with van der Waals surface area (Å²) in [5.74, 6) is -0.521. The number of esters is 1. The van der Waals surface area contributed by atoms with Gasteiger partial charge in [0.15, 0.2) is 18.1 Å². The van der Waals surface area contributed by atoms with E-state index in [-0.39, 0.29) is 30.1 Å². The SMILES string of the molecule is COc1cc(/C=C/C(=O)OCC(=O)N[C@@H](C)C2CC2)ccc1OC(F)F. The highest BCUT2D eigenvalue weighted by Crippen LogP contribution is 2.32. The first-order chi connectivity index (χ1) is 12.4. The van der Waals surface area contributed by atoms with Gasteiger partial charge in [-0.2, -0.15) is 8.78 Å². The van der Waals surface area contributed by atoms with Gasteiger partial charge in [0.25, 0.3) is 5.91 Å². The van der Waals surface area contributed by atoms with Crippen LogP contribution in [0.15, 0.2) is 24.3 Å². The number of hydrogen-bond donors (Lipinski definition) is 1. The Morgan fingerprint density at radius 2 is 2.04 bits per heavy atom. The molecule has 1 aromatic carbocycles. The predicted molar refractivity (Wildman–Crippen MR) is 89.9 cm³/mol. The molecule has 0 heterocycles. The number of nitrogens with one attached hydrogen (secondary N) is 1. The Hall–Kier alpha value is -2.64. The van der Waals surface area contributed by atoms with Gasteiger partial charge in [-0.1, -0.05) is 6.07 Å². The van der Waals surface area contributed by atoms with Crippen LogP contribution >= 0.6 is 0 Å². The molecular weight excluding hydrogens is 348 g/mol. The smallest absolute Gasteiger partial charge is 0.387 e. The topological polar surface area (TPSA) is 73.9 Å². The van der Waals surface area contributed by atoms with Crippen LogP contribution in [-0.2, 0) is 14.3 Å². The minimum Gasteiger partial charge on any atom is -0.493 e. The zero-order valence-corrected chi connectivity index (χ0v) is 14.5. The number of carbonyl (C=O) groups excluding carboxylic acids is 2. The number of alkyl halides is 2. The molecule has 1 N–H and O–H groups in total. The van der Waals surface area contributed by atoms with Crippen molar-refractivity contribution in [1.29, 1.82) is 0 Å². The fraction of sp³-hybridized carbons (Fsp3) is 0.444. The van der Waals surface area contributed by atoms with E-state index in [1.54, 1.807) is 0 Å². The zero-order chi connectivity index (χ0) is 19.1. The van der Waals surface area contributed by atoms with Crippen LogP contribution in [0.5, 0.6) is 11.5 Å². The molecule has 0 radical (unpaired) electrons. The van der Waals surface area contributed by atoms with Gasteiger partial charge in [0, 0.05) is 12.1 Å². The molecule has 1 atom stereocenters. The van der Waals surface area contributed by atoms with E-state index in [9.17, 15) is 18.4 Å². The van der Waals surface area contributed by atoms with Gasteiger partial charge in [0.1, 0.15) is 0 Å². The molecule has 1 aromatic rings.